The lowest BCUT2D eigenvalue weighted by Crippen LogP contribution is -2.05. The minimum absolute atomic E-state index is 0.158. The highest BCUT2D eigenvalue weighted by Gasteiger charge is 2.06. The summed E-state index contributed by atoms with van der Waals surface area (Å²) in [6, 6.07) is 23.9. The van der Waals surface area contributed by atoms with Crippen LogP contribution in [0.5, 0.6) is 5.75 Å². The van der Waals surface area contributed by atoms with Crippen LogP contribution in [0.2, 0.25) is 0 Å². The second-order valence-corrected chi connectivity index (χ2v) is 7.09. The van der Waals surface area contributed by atoms with Crippen LogP contribution in [0.4, 0.5) is 0 Å². The molecule has 4 aromatic rings. The quantitative estimate of drug-likeness (QED) is 0.408. The molecule has 0 bridgehead atoms. The molecule has 0 aliphatic rings. The van der Waals surface area contributed by atoms with Gasteiger partial charge in [0.2, 0.25) is 0 Å². The van der Waals surface area contributed by atoms with Gasteiger partial charge in [-0.2, -0.15) is 5.26 Å². The molecule has 0 N–H and O–H groups in total. The molecule has 0 amide bonds. The molecule has 0 radical (unpaired) electrons. The first kappa shape index (κ1) is 18.5. The van der Waals surface area contributed by atoms with Crippen LogP contribution in [0, 0.1) is 11.3 Å². The van der Waals surface area contributed by atoms with Crippen molar-refractivity contribution in [3.05, 3.63) is 89.7 Å². The Labute approximate surface area is 170 Å². The Morgan fingerprint density at radius 2 is 1.62 bits per heavy atom. The highest BCUT2D eigenvalue weighted by molar-refractivity contribution is 5.82. The number of aromatic nitrogens is 2. The molecule has 0 fully saturated rings. The van der Waals surface area contributed by atoms with Gasteiger partial charge in [0.15, 0.2) is 0 Å². The molecule has 0 saturated heterocycles. The predicted octanol–water partition coefficient (Wildman–Crippen LogP) is 5.85. The summed E-state index contributed by atoms with van der Waals surface area (Å²) in [5.41, 5.74) is 5.83. The summed E-state index contributed by atoms with van der Waals surface area (Å²) >= 11 is 0. The van der Waals surface area contributed by atoms with Crippen molar-refractivity contribution in [1.82, 2.24) is 9.55 Å². The summed E-state index contributed by atoms with van der Waals surface area (Å²) in [7, 11) is 0. The molecule has 142 valence electrons. The maximum absolute atomic E-state index is 8.89. The molecule has 1 aromatic heterocycles. The van der Waals surface area contributed by atoms with Gasteiger partial charge in [0.25, 0.3) is 0 Å². The summed E-state index contributed by atoms with van der Waals surface area (Å²) in [6.07, 6.45) is 6.09. The smallest absolute Gasteiger partial charge is 0.119 e. The minimum atomic E-state index is 0.158. The van der Waals surface area contributed by atoms with E-state index >= 15 is 0 Å². The van der Waals surface area contributed by atoms with Crippen molar-refractivity contribution < 1.29 is 4.74 Å². The summed E-state index contributed by atoms with van der Waals surface area (Å²) in [5, 5.41) is 8.89. The van der Waals surface area contributed by atoms with Crippen LogP contribution in [0.25, 0.3) is 28.9 Å². The number of benzene rings is 3. The van der Waals surface area contributed by atoms with Gasteiger partial charge in [0.1, 0.15) is 12.1 Å². The summed E-state index contributed by atoms with van der Waals surface area (Å²) in [5.74, 6) is 0.864. The molecule has 0 saturated carbocycles. The van der Waals surface area contributed by atoms with Crippen LogP contribution in [-0.4, -0.2) is 15.7 Å². The fourth-order valence-corrected chi connectivity index (χ4v) is 3.16. The third kappa shape index (κ3) is 4.20. The van der Waals surface area contributed by atoms with Crippen molar-refractivity contribution in [2.24, 2.45) is 0 Å². The lowest BCUT2D eigenvalue weighted by atomic mass is 10.1. The van der Waals surface area contributed by atoms with Crippen LogP contribution in [0.3, 0.4) is 0 Å². The van der Waals surface area contributed by atoms with Gasteiger partial charge in [0, 0.05) is 5.69 Å². The average Bonchev–Trinajstić information content (AvgIpc) is 3.16. The molecule has 0 unspecified atom stereocenters. The van der Waals surface area contributed by atoms with Crippen molar-refractivity contribution in [3.8, 4) is 17.5 Å². The van der Waals surface area contributed by atoms with Crippen molar-refractivity contribution in [3.63, 3.8) is 0 Å². The van der Waals surface area contributed by atoms with Gasteiger partial charge in [-0.15, -0.1) is 0 Å². The first-order valence-electron chi connectivity index (χ1n) is 9.55. The Bertz CT molecular complexity index is 1190. The highest BCUT2D eigenvalue weighted by atomic mass is 16.5. The third-order valence-electron chi connectivity index (χ3n) is 4.57. The van der Waals surface area contributed by atoms with Crippen molar-refractivity contribution in [1.29, 1.82) is 5.26 Å². The van der Waals surface area contributed by atoms with Gasteiger partial charge < -0.3 is 4.74 Å². The van der Waals surface area contributed by atoms with E-state index in [0.717, 1.165) is 33.6 Å². The van der Waals surface area contributed by atoms with Crippen molar-refractivity contribution >= 4 is 23.2 Å². The number of rotatable bonds is 5. The topological polar surface area (TPSA) is 50.8 Å². The van der Waals surface area contributed by atoms with E-state index in [2.05, 4.69) is 39.9 Å². The molecule has 4 rings (SSSR count). The van der Waals surface area contributed by atoms with Crippen LogP contribution in [-0.2, 0) is 0 Å². The number of nitrogens with zero attached hydrogens (tertiary/aromatic N) is 3. The van der Waals surface area contributed by atoms with E-state index in [9.17, 15) is 0 Å². The number of hydrogen-bond acceptors (Lipinski definition) is 3. The average molecular weight is 379 g/mol. The Kier molecular flexibility index (Phi) is 5.13. The van der Waals surface area contributed by atoms with Crippen molar-refractivity contribution in [2.45, 2.75) is 20.0 Å². The van der Waals surface area contributed by atoms with E-state index in [1.165, 1.54) is 0 Å². The number of ether oxygens (including phenoxy) is 1. The van der Waals surface area contributed by atoms with E-state index in [0.29, 0.717) is 5.56 Å². The Hall–Kier alpha value is -3.84. The van der Waals surface area contributed by atoms with Gasteiger partial charge in [0.05, 0.1) is 28.8 Å². The van der Waals surface area contributed by atoms with Crippen molar-refractivity contribution in [2.75, 3.05) is 0 Å². The molecule has 1 heterocycles. The summed E-state index contributed by atoms with van der Waals surface area (Å²) in [4.78, 5) is 4.57. The lowest BCUT2D eigenvalue weighted by molar-refractivity contribution is 0.242. The molecule has 0 spiro atoms. The molecule has 4 nitrogen and oxygen atoms in total. The predicted molar refractivity (Wildman–Crippen MR) is 117 cm³/mol. The Morgan fingerprint density at radius 1 is 0.931 bits per heavy atom. The Balaban J connectivity index is 1.57. The number of nitriles is 1. The largest absolute Gasteiger partial charge is 0.491 e. The molecule has 0 aliphatic carbocycles. The second kappa shape index (κ2) is 8.04. The second-order valence-electron chi connectivity index (χ2n) is 7.09. The Morgan fingerprint density at radius 3 is 2.31 bits per heavy atom. The van der Waals surface area contributed by atoms with Gasteiger partial charge >= 0.3 is 0 Å². The molecule has 0 aliphatic heterocycles. The fraction of sp³-hybridized carbons (Fsp3) is 0.120. The minimum Gasteiger partial charge on any atom is -0.491 e. The van der Waals surface area contributed by atoms with E-state index in [1.54, 1.807) is 0 Å². The number of fused-ring (bicyclic) bond motifs is 1. The first-order chi connectivity index (χ1) is 14.1. The maximum atomic E-state index is 8.89. The van der Waals surface area contributed by atoms with Crippen LogP contribution in [0.15, 0.2) is 73.1 Å². The van der Waals surface area contributed by atoms with Gasteiger partial charge in [-0.05, 0) is 73.5 Å². The zero-order chi connectivity index (χ0) is 20.2. The molecule has 29 heavy (non-hydrogen) atoms. The maximum Gasteiger partial charge on any atom is 0.119 e. The van der Waals surface area contributed by atoms with E-state index < -0.39 is 0 Å². The molecule has 4 heteroatoms. The van der Waals surface area contributed by atoms with Crippen LogP contribution in [0.1, 0.15) is 30.5 Å². The number of imidazole rings is 1. The monoisotopic (exact) mass is 379 g/mol. The fourth-order valence-electron chi connectivity index (χ4n) is 3.16. The van der Waals surface area contributed by atoms with Gasteiger partial charge in [-0.3, -0.25) is 4.57 Å². The van der Waals surface area contributed by atoms with Gasteiger partial charge in [-0.25, -0.2) is 4.98 Å². The highest BCUT2D eigenvalue weighted by Crippen LogP contribution is 2.23. The normalized spacial score (nSPS) is 11.2. The van der Waals surface area contributed by atoms with E-state index in [1.807, 2.05) is 74.8 Å². The molecular weight excluding hydrogens is 358 g/mol. The summed E-state index contributed by atoms with van der Waals surface area (Å²) < 4.78 is 7.79. The SMILES string of the molecule is CC(C)Oc1ccc(-n2cnc3cc(/C=C\c4ccc(C#N)cc4)ccc32)cc1. The number of hydrogen-bond donors (Lipinski definition) is 0. The van der Waals surface area contributed by atoms with Crippen LogP contribution >= 0.6 is 0 Å². The first-order valence-corrected chi connectivity index (χ1v) is 9.55. The van der Waals surface area contributed by atoms with E-state index in [4.69, 9.17) is 10.00 Å². The lowest BCUT2D eigenvalue weighted by Gasteiger charge is -2.10. The van der Waals surface area contributed by atoms with Gasteiger partial charge in [-0.1, -0.05) is 30.4 Å². The molecular formula is C25H21N3O. The standard InChI is InChI=1S/C25H21N3O/c1-18(2)29-23-12-10-22(11-13-23)28-17-27-24-15-20(9-14-25(24)28)6-3-19-4-7-21(16-26)8-5-19/h3-15,17-18H,1-2H3/b6-3-. The third-order valence-corrected chi connectivity index (χ3v) is 4.57. The summed E-state index contributed by atoms with van der Waals surface area (Å²) in [6.45, 7) is 4.04. The zero-order valence-corrected chi connectivity index (χ0v) is 16.4. The van der Waals surface area contributed by atoms with Crippen LogP contribution < -0.4 is 4.74 Å². The molecule has 0 atom stereocenters. The van der Waals surface area contributed by atoms with E-state index in [-0.39, 0.29) is 6.10 Å². The molecule has 3 aromatic carbocycles. The zero-order valence-electron chi connectivity index (χ0n) is 16.4.